The highest BCUT2D eigenvalue weighted by Gasteiger charge is 2.22. The third-order valence-corrected chi connectivity index (χ3v) is 2.11. The summed E-state index contributed by atoms with van der Waals surface area (Å²) in [4.78, 5) is 28.2. The van der Waals surface area contributed by atoms with Crippen molar-refractivity contribution in [3.63, 3.8) is 0 Å². The lowest BCUT2D eigenvalue weighted by molar-refractivity contribution is -0.138. The first-order chi connectivity index (χ1) is 7.43. The lowest BCUT2D eigenvalue weighted by Gasteiger charge is -2.18. The van der Waals surface area contributed by atoms with Gasteiger partial charge in [-0.15, -0.1) is 0 Å². The normalized spacial score (nSPS) is 12.4. The second-order valence-corrected chi connectivity index (χ2v) is 3.70. The molecule has 1 aromatic rings. The molecule has 0 aromatic carbocycles. The molecule has 0 aliphatic carbocycles. The van der Waals surface area contributed by atoms with Gasteiger partial charge in [0.1, 0.15) is 11.7 Å². The minimum Gasteiger partial charge on any atom is -0.480 e. The van der Waals surface area contributed by atoms with Crippen molar-refractivity contribution in [2.24, 2.45) is 5.92 Å². The number of nitrogens with zero attached hydrogens (tertiary/aromatic N) is 1. The van der Waals surface area contributed by atoms with E-state index in [9.17, 15) is 9.59 Å². The van der Waals surface area contributed by atoms with Crippen LogP contribution in [0.1, 0.15) is 13.8 Å². The zero-order chi connectivity index (χ0) is 12.3. The maximum Gasteiger partial charge on any atom is 0.326 e. The molecule has 0 fully saturated rings. The molecule has 1 atom stereocenters. The number of aromatic nitrogens is 2. The van der Waals surface area contributed by atoms with Crippen LogP contribution >= 0.6 is 0 Å². The molecule has 16 heavy (non-hydrogen) atoms. The molecule has 0 amide bonds. The third-order valence-electron chi connectivity index (χ3n) is 2.11. The number of carbonyl (C=O) groups is 1. The highest BCUT2D eigenvalue weighted by atomic mass is 16.4. The predicted octanol–water partition coefficient (Wildman–Crippen LogP) is -0.127. The van der Waals surface area contributed by atoms with E-state index in [0.29, 0.717) is 0 Å². The van der Waals surface area contributed by atoms with Gasteiger partial charge in [-0.25, -0.2) is 9.78 Å². The number of carboxylic acid groups (broad SMARTS) is 1. The number of aliphatic carboxylic acids is 1. The van der Waals surface area contributed by atoms with Gasteiger partial charge >= 0.3 is 5.97 Å². The molecule has 0 aliphatic rings. The monoisotopic (exact) mass is 226 g/mol. The Labute approximate surface area is 91.7 Å². The number of hydrogen-bond donors (Lipinski definition) is 4. The third kappa shape index (κ3) is 2.50. The Kier molecular flexibility index (Phi) is 3.49. The molecule has 1 rings (SSSR count). The van der Waals surface area contributed by atoms with Gasteiger partial charge < -0.3 is 21.1 Å². The number of H-pyrrole nitrogens is 1. The summed E-state index contributed by atoms with van der Waals surface area (Å²) in [5.41, 5.74) is 4.86. The number of nitrogens with one attached hydrogen (secondary N) is 2. The summed E-state index contributed by atoms with van der Waals surface area (Å²) >= 11 is 0. The van der Waals surface area contributed by atoms with E-state index in [1.54, 1.807) is 13.8 Å². The van der Waals surface area contributed by atoms with Crippen molar-refractivity contribution in [2.45, 2.75) is 19.9 Å². The van der Waals surface area contributed by atoms with Crippen LogP contribution in [0.25, 0.3) is 0 Å². The average Bonchev–Trinajstić information content (AvgIpc) is 2.19. The largest absolute Gasteiger partial charge is 0.480 e. The molecule has 0 radical (unpaired) electrons. The van der Waals surface area contributed by atoms with Crippen molar-refractivity contribution in [2.75, 3.05) is 11.1 Å². The molecule has 0 saturated carbocycles. The summed E-state index contributed by atoms with van der Waals surface area (Å²) in [5.74, 6) is -1.08. The zero-order valence-corrected chi connectivity index (χ0v) is 9.02. The molecule has 0 bridgehead atoms. The maximum absolute atomic E-state index is 11.2. The van der Waals surface area contributed by atoms with Gasteiger partial charge in [-0.3, -0.25) is 4.79 Å². The first-order valence-corrected chi connectivity index (χ1v) is 4.76. The van der Waals surface area contributed by atoms with Crippen LogP contribution in [0.4, 0.5) is 11.5 Å². The minimum absolute atomic E-state index is 0.0878. The van der Waals surface area contributed by atoms with Crippen molar-refractivity contribution < 1.29 is 9.90 Å². The molecular weight excluding hydrogens is 212 g/mol. The van der Waals surface area contributed by atoms with Crippen molar-refractivity contribution in [1.29, 1.82) is 0 Å². The first kappa shape index (κ1) is 12.0. The van der Waals surface area contributed by atoms with Crippen molar-refractivity contribution in [3.05, 3.63) is 16.7 Å². The van der Waals surface area contributed by atoms with Gasteiger partial charge in [-0.05, 0) is 5.92 Å². The Bertz CT molecular complexity index is 441. The highest BCUT2D eigenvalue weighted by molar-refractivity contribution is 5.78. The number of carboxylic acids is 1. The molecule has 7 heteroatoms. The van der Waals surface area contributed by atoms with Crippen molar-refractivity contribution >= 4 is 17.5 Å². The van der Waals surface area contributed by atoms with Crippen LogP contribution in [-0.4, -0.2) is 27.1 Å². The van der Waals surface area contributed by atoms with Gasteiger partial charge in [0, 0.05) is 0 Å². The Balaban J connectivity index is 2.99. The lowest BCUT2D eigenvalue weighted by atomic mass is 10.1. The molecule has 1 heterocycles. The number of aromatic amines is 1. The van der Waals surface area contributed by atoms with E-state index >= 15 is 0 Å². The number of hydrogen-bond acceptors (Lipinski definition) is 5. The summed E-state index contributed by atoms with van der Waals surface area (Å²) in [6.07, 6.45) is 1.17. The first-order valence-electron chi connectivity index (χ1n) is 4.76. The molecule has 7 nitrogen and oxygen atoms in total. The Morgan fingerprint density at radius 1 is 1.62 bits per heavy atom. The van der Waals surface area contributed by atoms with Gasteiger partial charge in [0.25, 0.3) is 5.56 Å². The second-order valence-electron chi connectivity index (χ2n) is 3.70. The molecular formula is C9H14N4O3. The van der Waals surface area contributed by atoms with E-state index in [1.165, 1.54) is 6.33 Å². The smallest absolute Gasteiger partial charge is 0.326 e. The second kappa shape index (κ2) is 4.65. The van der Waals surface area contributed by atoms with Crippen molar-refractivity contribution in [3.8, 4) is 0 Å². The Morgan fingerprint density at radius 2 is 2.25 bits per heavy atom. The zero-order valence-electron chi connectivity index (χ0n) is 9.02. The summed E-state index contributed by atoms with van der Waals surface area (Å²) in [5, 5.41) is 11.6. The summed E-state index contributed by atoms with van der Waals surface area (Å²) in [7, 11) is 0. The van der Waals surface area contributed by atoms with E-state index in [0.717, 1.165) is 0 Å². The summed E-state index contributed by atoms with van der Waals surface area (Å²) in [6, 6.07) is -0.836. The molecule has 0 spiro atoms. The van der Waals surface area contributed by atoms with Crippen molar-refractivity contribution in [1.82, 2.24) is 9.97 Å². The summed E-state index contributed by atoms with van der Waals surface area (Å²) < 4.78 is 0. The van der Waals surface area contributed by atoms with E-state index < -0.39 is 17.6 Å². The SMILES string of the molecule is CC(C)C(Nc1nc[nH]c(=O)c1N)C(=O)O. The molecule has 5 N–H and O–H groups in total. The predicted molar refractivity (Wildman–Crippen MR) is 59.2 cm³/mol. The lowest BCUT2D eigenvalue weighted by Crippen LogP contribution is -2.35. The standard InChI is InChI=1S/C9H14N4O3/c1-4(2)6(9(15)16)13-7-5(10)8(14)12-3-11-7/h3-4,6H,10H2,1-2H3,(H,15,16)(H2,11,12,13,14). The Hall–Kier alpha value is -2.05. The molecule has 1 unspecified atom stereocenters. The van der Waals surface area contributed by atoms with Gasteiger partial charge in [-0.1, -0.05) is 13.8 Å². The van der Waals surface area contributed by atoms with Crippen LogP contribution in [-0.2, 0) is 4.79 Å². The molecule has 88 valence electrons. The van der Waals surface area contributed by atoms with Crippen LogP contribution in [0, 0.1) is 5.92 Å². The molecule has 0 aliphatic heterocycles. The fourth-order valence-corrected chi connectivity index (χ4v) is 1.19. The van der Waals surface area contributed by atoms with Gasteiger partial charge in [-0.2, -0.15) is 0 Å². The van der Waals surface area contributed by atoms with Crippen LogP contribution < -0.4 is 16.6 Å². The fraction of sp³-hybridized carbons (Fsp3) is 0.444. The number of anilines is 2. The average molecular weight is 226 g/mol. The van der Waals surface area contributed by atoms with E-state index in [1.807, 2.05) is 0 Å². The van der Waals surface area contributed by atoms with Crippen LogP contribution in [0.15, 0.2) is 11.1 Å². The Morgan fingerprint density at radius 3 is 2.75 bits per heavy atom. The maximum atomic E-state index is 11.2. The molecule has 0 saturated heterocycles. The van der Waals surface area contributed by atoms with E-state index in [2.05, 4.69) is 15.3 Å². The van der Waals surface area contributed by atoms with Gasteiger partial charge in [0.15, 0.2) is 5.82 Å². The topological polar surface area (TPSA) is 121 Å². The quantitative estimate of drug-likeness (QED) is 0.567. The van der Waals surface area contributed by atoms with E-state index in [4.69, 9.17) is 10.8 Å². The number of nitrogen functional groups attached to an aromatic ring is 1. The molecule has 1 aromatic heterocycles. The number of nitrogens with two attached hydrogens (primary N) is 1. The van der Waals surface area contributed by atoms with Crippen LogP contribution in [0.3, 0.4) is 0 Å². The van der Waals surface area contributed by atoms with Crippen LogP contribution in [0.2, 0.25) is 0 Å². The van der Waals surface area contributed by atoms with E-state index in [-0.39, 0.29) is 17.4 Å². The highest BCUT2D eigenvalue weighted by Crippen LogP contribution is 2.13. The van der Waals surface area contributed by atoms with Gasteiger partial charge in [0.05, 0.1) is 6.33 Å². The minimum atomic E-state index is -1.02. The number of rotatable bonds is 4. The fourth-order valence-electron chi connectivity index (χ4n) is 1.19. The van der Waals surface area contributed by atoms with Gasteiger partial charge in [0.2, 0.25) is 0 Å². The van der Waals surface area contributed by atoms with Crippen LogP contribution in [0.5, 0.6) is 0 Å². The summed E-state index contributed by atoms with van der Waals surface area (Å²) in [6.45, 7) is 3.49.